The average Bonchev–Trinajstić information content (AvgIpc) is 2.17. The molecule has 0 aliphatic heterocycles. The largest absolute Gasteiger partial charge is 0.369 e. The van der Waals surface area contributed by atoms with E-state index in [1.165, 1.54) is 0 Å². The summed E-state index contributed by atoms with van der Waals surface area (Å²) in [5.41, 5.74) is 5.21. The summed E-state index contributed by atoms with van der Waals surface area (Å²) in [5.74, 6) is 4.21. The van der Waals surface area contributed by atoms with Crippen LogP contribution in [-0.2, 0) is 4.79 Å². The second-order valence-electron chi connectivity index (χ2n) is 3.14. The minimum Gasteiger partial charge on any atom is -0.369 e. The molecule has 15 heavy (non-hydrogen) atoms. The molecule has 0 aliphatic rings. The molecule has 0 saturated heterocycles. The van der Waals surface area contributed by atoms with Crippen LogP contribution >= 0.6 is 23.5 Å². The fourth-order valence-electron chi connectivity index (χ4n) is 1.17. The van der Waals surface area contributed by atoms with E-state index in [2.05, 4.69) is 18.7 Å². The second-order valence-corrected chi connectivity index (χ2v) is 5.92. The van der Waals surface area contributed by atoms with E-state index in [-0.39, 0.29) is 5.91 Å². The Balaban J connectivity index is 3.68. The van der Waals surface area contributed by atoms with Crippen molar-refractivity contribution in [3.8, 4) is 0 Å². The Morgan fingerprint density at radius 3 is 1.93 bits per heavy atom. The number of hydrogen-bond acceptors (Lipinski definition) is 4. The molecular weight excluding hydrogens is 228 g/mol. The van der Waals surface area contributed by atoms with Gasteiger partial charge in [0, 0.05) is 24.6 Å². The summed E-state index contributed by atoms with van der Waals surface area (Å²) in [6, 6.07) is 0. The van der Waals surface area contributed by atoms with Gasteiger partial charge < -0.3 is 5.73 Å². The second kappa shape index (κ2) is 10.6. The third kappa shape index (κ3) is 10.4. The molecule has 0 radical (unpaired) electrons. The SMILES string of the molecule is CCSCCN(CCSCC)CC(N)=O. The van der Waals surface area contributed by atoms with Crippen molar-refractivity contribution < 1.29 is 4.79 Å². The first-order valence-corrected chi connectivity index (χ1v) is 7.67. The molecule has 0 spiro atoms. The van der Waals surface area contributed by atoms with Gasteiger partial charge in [-0.1, -0.05) is 13.8 Å². The summed E-state index contributed by atoms with van der Waals surface area (Å²) in [6.07, 6.45) is 0. The Hall–Kier alpha value is 0.130. The highest BCUT2D eigenvalue weighted by Gasteiger charge is 2.07. The molecule has 3 nitrogen and oxygen atoms in total. The number of nitrogens with two attached hydrogens (primary N) is 1. The van der Waals surface area contributed by atoms with Crippen LogP contribution in [0.1, 0.15) is 13.8 Å². The van der Waals surface area contributed by atoms with Crippen molar-refractivity contribution in [2.75, 3.05) is 42.6 Å². The maximum atomic E-state index is 10.8. The number of primary amides is 1. The standard InChI is InChI=1S/C10H22N2OS2/c1-3-14-7-5-12(9-10(11)13)6-8-15-4-2/h3-9H2,1-2H3,(H2,11,13). The van der Waals surface area contributed by atoms with E-state index in [4.69, 9.17) is 5.73 Å². The van der Waals surface area contributed by atoms with Crippen LogP contribution in [0.5, 0.6) is 0 Å². The Morgan fingerprint density at radius 1 is 1.13 bits per heavy atom. The quantitative estimate of drug-likeness (QED) is 0.593. The maximum absolute atomic E-state index is 10.8. The molecule has 0 saturated carbocycles. The molecule has 0 aromatic carbocycles. The number of carbonyl (C=O) groups excluding carboxylic acids is 1. The lowest BCUT2D eigenvalue weighted by Gasteiger charge is -2.19. The fraction of sp³-hybridized carbons (Fsp3) is 0.900. The van der Waals surface area contributed by atoms with Gasteiger partial charge in [-0.05, 0) is 11.5 Å². The first-order chi connectivity index (χ1) is 7.20. The van der Waals surface area contributed by atoms with E-state index >= 15 is 0 Å². The van der Waals surface area contributed by atoms with Gasteiger partial charge in [-0.3, -0.25) is 9.69 Å². The van der Waals surface area contributed by atoms with E-state index < -0.39 is 0 Å². The van der Waals surface area contributed by atoms with Gasteiger partial charge in [-0.2, -0.15) is 23.5 Å². The number of rotatable bonds is 10. The number of hydrogen-bond donors (Lipinski definition) is 1. The van der Waals surface area contributed by atoms with Gasteiger partial charge in [-0.15, -0.1) is 0 Å². The number of amides is 1. The predicted molar refractivity (Wildman–Crippen MR) is 71.6 cm³/mol. The Labute approximate surface area is 102 Å². The van der Waals surface area contributed by atoms with Crippen molar-refractivity contribution >= 4 is 29.4 Å². The zero-order valence-corrected chi connectivity index (χ0v) is 11.3. The molecule has 0 aromatic rings. The molecule has 5 heteroatoms. The van der Waals surface area contributed by atoms with Crippen LogP contribution in [0.2, 0.25) is 0 Å². The minimum atomic E-state index is -0.224. The van der Waals surface area contributed by atoms with Gasteiger partial charge in [0.1, 0.15) is 0 Å². The zero-order valence-electron chi connectivity index (χ0n) is 9.70. The van der Waals surface area contributed by atoms with Crippen molar-refractivity contribution in [1.29, 1.82) is 0 Å². The molecule has 0 aromatic heterocycles. The Bertz CT molecular complexity index is 158. The summed E-state index contributed by atoms with van der Waals surface area (Å²) in [6.45, 7) is 6.62. The molecule has 0 rings (SSSR count). The average molecular weight is 250 g/mol. The summed E-state index contributed by atoms with van der Waals surface area (Å²) in [4.78, 5) is 13.0. The van der Waals surface area contributed by atoms with Crippen molar-refractivity contribution in [3.05, 3.63) is 0 Å². The molecule has 0 aliphatic carbocycles. The van der Waals surface area contributed by atoms with E-state index in [0.717, 1.165) is 36.1 Å². The summed E-state index contributed by atoms with van der Waals surface area (Å²) in [5, 5.41) is 0. The van der Waals surface area contributed by atoms with Crippen molar-refractivity contribution in [1.82, 2.24) is 4.90 Å². The highest BCUT2D eigenvalue weighted by molar-refractivity contribution is 7.99. The van der Waals surface area contributed by atoms with Crippen molar-refractivity contribution in [2.45, 2.75) is 13.8 Å². The molecule has 0 bridgehead atoms. The van der Waals surface area contributed by atoms with Crippen LogP contribution in [-0.4, -0.2) is 53.5 Å². The molecule has 0 unspecified atom stereocenters. The van der Waals surface area contributed by atoms with Gasteiger partial charge >= 0.3 is 0 Å². The van der Waals surface area contributed by atoms with Crippen LogP contribution in [0.15, 0.2) is 0 Å². The molecule has 2 N–H and O–H groups in total. The normalized spacial score (nSPS) is 10.9. The van der Waals surface area contributed by atoms with Crippen LogP contribution < -0.4 is 5.73 Å². The van der Waals surface area contributed by atoms with E-state index in [0.29, 0.717) is 6.54 Å². The zero-order chi connectivity index (χ0) is 11.5. The van der Waals surface area contributed by atoms with Gasteiger partial charge in [0.25, 0.3) is 0 Å². The lowest BCUT2D eigenvalue weighted by Crippen LogP contribution is -2.36. The molecule has 0 fully saturated rings. The third-order valence-corrected chi connectivity index (χ3v) is 3.65. The molecular formula is C10H22N2OS2. The Morgan fingerprint density at radius 2 is 1.60 bits per heavy atom. The first kappa shape index (κ1) is 15.1. The topological polar surface area (TPSA) is 46.3 Å². The predicted octanol–water partition coefficient (Wildman–Crippen LogP) is 1.28. The fourth-order valence-corrected chi connectivity index (χ4v) is 2.52. The van der Waals surface area contributed by atoms with Crippen LogP contribution in [0.3, 0.4) is 0 Å². The van der Waals surface area contributed by atoms with E-state index in [1.807, 2.05) is 23.5 Å². The molecule has 0 atom stereocenters. The van der Waals surface area contributed by atoms with Crippen molar-refractivity contribution in [3.63, 3.8) is 0 Å². The highest BCUT2D eigenvalue weighted by atomic mass is 32.2. The molecule has 0 heterocycles. The summed E-state index contributed by atoms with van der Waals surface area (Å²) >= 11 is 3.80. The maximum Gasteiger partial charge on any atom is 0.231 e. The number of thioether (sulfide) groups is 2. The number of carbonyl (C=O) groups is 1. The Kier molecular flexibility index (Phi) is 10.7. The highest BCUT2D eigenvalue weighted by Crippen LogP contribution is 2.03. The third-order valence-electron chi connectivity index (χ3n) is 1.89. The monoisotopic (exact) mass is 250 g/mol. The number of nitrogens with zero attached hydrogens (tertiary/aromatic N) is 1. The van der Waals surface area contributed by atoms with Gasteiger partial charge in [-0.25, -0.2) is 0 Å². The minimum absolute atomic E-state index is 0.224. The summed E-state index contributed by atoms with van der Waals surface area (Å²) < 4.78 is 0. The van der Waals surface area contributed by atoms with Crippen LogP contribution in [0.25, 0.3) is 0 Å². The van der Waals surface area contributed by atoms with Crippen molar-refractivity contribution in [2.24, 2.45) is 5.73 Å². The lowest BCUT2D eigenvalue weighted by molar-refractivity contribution is -0.119. The van der Waals surface area contributed by atoms with Gasteiger partial charge in [0.05, 0.1) is 6.54 Å². The lowest BCUT2D eigenvalue weighted by atomic mass is 10.4. The first-order valence-electron chi connectivity index (χ1n) is 5.36. The van der Waals surface area contributed by atoms with Gasteiger partial charge in [0.2, 0.25) is 5.91 Å². The summed E-state index contributed by atoms with van der Waals surface area (Å²) in [7, 11) is 0. The van der Waals surface area contributed by atoms with E-state index in [9.17, 15) is 4.79 Å². The van der Waals surface area contributed by atoms with Gasteiger partial charge in [0.15, 0.2) is 0 Å². The van der Waals surface area contributed by atoms with Crippen LogP contribution in [0.4, 0.5) is 0 Å². The molecule has 1 amide bonds. The smallest absolute Gasteiger partial charge is 0.231 e. The van der Waals surface area contributed by atoms with Crippen LogP contribution in [0, 0.1) is 0 Å². The van der Waals surface area contributed by atoms with E-state index in [1.54, 1.807) is 0 Å². The molecule has 90 valence electrons.